The minimum atomic E-state index is -1.51. The number of aromatic nitrogens is 4. The zero-order valence-electron chi connectivity index (χ0n) is 24.8. The number of aliphatic hydroxyl groups is 2. The van der Waals surface area contributed by atoms with Gasteiger partial charge in [-0.2, -0.15) is 0 Å². The second kappa shape index (κ2) is 12.3. The summed E-state index contributed by atoms with van der Waals surface area (Å²) in [6, 6.07) is 24.1. The highest BCUT2D eigenvalue weighted by molar-refractivity contribution is 5.82. The van der Waals surface area contributed by atoms with Crippen LogP contribution in [0, 0.1) is 0 Å². The molecule has 0 aliphatic carbocycles. The van der Waals surface area contributed by atoms with Gasteiger partial charge in [-0.05, 0) is 47.9 Å². The van der Waals surface area contributed by atoms with Crippen molar-refractivity contribution < 1.29 is 34.0 Å². The molecule has 1 aliphatic heterocycles. The van der Waals surface area contributed by atoms with Crippen molar-refractivity contribution >= 4 is 22.8 Å². The zero-order chi connectivity index (χ0) is 31.7. The molecule has 4 N–H and O–H groups in total. The molecule has 0 saturated carbocycles. The number of aliphatic hydroxyl groups excluding tert-OH is 2. The van der Waals surface area contributed by atoms with Crippen molar-refractivity contribution in [1.29, 1.82) is 0 Å². The first-order chi connectivity index (χ1) is 21.8. The highest BCUT2D eigenvalue weighted by Crippen LogP contribution is 2.45. The Labute approximate surface area is 259 Å². The van der Waals surface area contributed by atoms with Crippen molar-refractivity contribution in [3.63, 3.8) is 0 Å². The lowest BCUT2D eigenvalue weighted by Crippen LogP contribution is -2.49. The molecule has 5 atom stereocenters. The number of Topliss-reactive ketones (excluding diaryl/α,β-unsaturated/α-hetero) is 1. The Kier molecular flexibility index (Phi) is 8.21. The Morgan fingerprint density at radius 3 is 2.00 bits per heavy atom. The zero-order valence-corrected chi connectivity index (χ0v) is 24.8. The van der Waals surface area contributed by atoms with Crippen molar-refractivity contribution in [3.05, 3.63) is 108 Å². The maximum atomic E-state index is 13.5. The fourth-order valence-electron chi connectivity index (χ4n) is 5.82. The maximum absolute atomic E-state index is 13.5. The Bertz CT molecular complexity index is 1730. The number of hydrogen-bond donors (Lipinski definition) is 3. The molecule has 12 nitrogen and oxygen atoms in total. The van der Waals surface area contributed by atoms with E-state index in [0.717, 1.165) is 0 Å². The molecule has 6 rings (SSSR count). The van der Waals surface area contributed by atoms with E-state index >= 15 is 0 Å². The van der Waals surface area contributed by atoms with Crippen LogP contribution in [0.1, 0.15) is 29.8 Å². The van der Waals surface area contributed by atoms with Crippen LogP contribution in [0.2, 0.25) is 0 Å². The highest BCUT2D eigenvalue weighted by atomic mass is 16.6. The van der Waals surface area contributed by atoms with Crippen molar-refractivity contribution in [2.45, 2.75) is 43.2 Å². The maximum Gasteiger partial charge on any atom is 0.167 e. The Morgan fingerprint density at radius 2 is 1.44 bits per heavy atom. The van der Waals surface area contributed by atoms with Gasteiger partial charge in [-0.25, -0.2) is 15.0 Å². The van der Waals surface area contributed by atoms with Gasteiger partial charge in [0.15, 0.2) is 23.5 Å². The van der Waals surface area contributed by atoms with Gasteiger partial charge >= 0.3 is 0 Å². The first kappa shape index (κ1) is 30.2. The monoisotopic (exact) mass is 611 g/mol. The van der Waals surface area contributed by atoms with Gasteiger partial charge < -0.3 is 34.9 Å². The third kappa shape index (κ3) is 5.27. The summed E-state index contributed by atoms with van der Waals surface area (Å²) in [5.41, 5.74) is 7.27. The van der Waals surface area contributed by atoms with Crippen LogP contribution < -0.4 is 15.2 Å². The van der Waals surface area contributed by atoms with Crippen molar-refractivity contribution in [2.24, 2.45) is 0 Å². The van der Waals surface area contributed by atoms with Crippen LogP contribution in [-0.4, -0.2) is 74.2 Å². The summed E-state index contributed by atoms with van der Waals surface area (Å²) in [4.78, 5) is 26.0. The van der Waals surface area contributed by atoms with Crippen molar-refractivity contribution in [2.75, 3.05) is 20.0 Å². The normalized spacial score (nSPS) is 20.6. The molecule has 5 aromatic rings. The smallest absolute Gasteiger partial charge is 0.167 e. The number of nitrogen functional groups attached to an aromatic ring is 1. The lowest BCUT2D eigenvalue weighted by molar-refractivity contribution is -0.163. The largest absolute Gasteiger partial charge is 0.497 e. The number of carbonyl (C=O) groups is 1. The number of methoxy groups -OCH3 is 2. The minimum Gasteiger partial charge on any atom is -0.497 e. The number of imidazole rings is 1. The van der Waals surface area contributed by atoms with E-state index in [-0.39, 0.29) is 5.82 Å². The van der Waals surface area contributed by atoms with Crippen molar-refractivity contribution in [3.8, 4) is 11.5 Å². The Morgan fingerprint density at radius 1 is 0.867 bits per heavy atom. The molecule has 1 unspecified atom stereocenters. The van der Waals surface area contributed by atoms with E-state index in [0.29, 0.717) is 39.4 Å². The average Bonchev–Trinajstić information content (AvgIpc) is 3.63. The molecule has 2 aromatic heterocycles. The second-order valence-corrected chi connectivity index (χ2v) is 10.7. The number of carbonyl (C=O) groups excluding carboxylic acids is 1. The molecular formula is C33H33N5O7. The molecule has 232 valence electrons. The molecule has 3 aromatic carbocycles. The summed E-state index contributed by atoms with van der Waals surface area (Å²) in [5, 5.41) is 22.6. The molecule has 45 heavy (non-hydrogen) atoms. The van der Waals surface area contributed by atoms with Gasteiger partial charge in [0.05, 0.1) is 20.5 Å². The van der Waals surface area contributed by atoms with E-state index in [1.165, 1.54) is 24.1 Å². The number of nitrogens with zero attached hydrogens (tertiary/aromatic N) is 4. The van der Waals surface area contributed by atoms with Gasteiger partial charge in [0.25, 0.3) is 0 Å². The van der Waals surface area contributed by atoms with E-state index in [9.17, 15) is 15.0 Å². The van der Waals surface area contributed by atoms with Crippen LogP contribution in [-0.2, 0) is 19.9 Å². The second-order valence-electron chi connectivity index (χ2n) is 10.7. The van der Waals surface area contributed by atoms with Crippen LogP contribution in [0.25, 0.3) is 11.2 Å². The molecule has 0 radical (unpaired) electrons. The first-order valence-electron chi connectivity index (χ1n) is 14.3. The fraction of sp³-hybridized carbons (Fsp3) is 0.273. The molecule has 1 saturated heterocycles. The molecule has 0 spiro atoms. The summed E-state index contributed by atoms with van der Waals surface area (Å²) in [6.45, 7) is 1.36. The van der Waals surface area contributed by atoms with E-state index in [1.54, 1.807) is 38.5 Å². The van der Waals surface area contributed by atoms with E-state index in [2.05, 4.69) is 15.0 Å². The molecule has 1 aliphatic rings. The summed E-state index contributed by atoms with van der Waals surface area (Å²) >= 11 is 0. The van der Waals surface area contributed by atoms with Crippen LogP contribution >= 0.6 is 0 Å². The average molecular weight is 612 g/mol. The van der Waals surface area contributed by atoms with Gasteiger partial charge in [-0.15, -0.1) is 0 Å². The lowest BCUT2D eigenvalue weighted by atomic mass is 9.79. The van der Waals surface area contributed by atoms with Crippen LogP contribution in [0.3, 0.4) is 0 Å². The fourth-order valence-corrected chi connectivity index (χ4v) is 5.82. The van der Waals surface area contributed by atoms with Gasteiger partial charge in [0.1, 0.15) is 53.4 Å². The summed E-state index contributed by atoms with van der Waals surface area (Å²) in [5.74, 6) is 1.00. The van der Waals surface area contributed by atoms with Crippen LogP contribution in [0.15, 0.2) is 91.5 Å². The lowest BCUT2D eigenvalue weighted by Gasteiger charge is -2.40. The molecular weight excluding hydrogens is 578 g/mol. The molecule has 0 bridgehead atoms. The number of benzene rings is 3. The first-order valence-corrected chi connectivity index (χ1v) is 14.3. The molecule has 3 heterocycles. The number of anilines is 1. The molecule has 12 heteroatoms. The Balaban J connectivity index is 1.48. The van der Waals surface area contributed by atoms with E-state index < -0.39 is 42.0 Å². The number of fused-ring (bicyclic) bond motifs is 1. The van der Waals surface area contributed by atoms with E-state index in [4.69, 9.17) is 24.7 Å². The minimum absolute atomic E-state index is 0.153. The standard InChI is InChI=1S/C33H33N5O7/c1-19(39)28(29-26(40)27(41)32(44-29)38-18-37-25-30(34)35-17-36-31(25)38)45-33(20-7-5-4-6-8-20,21-9-13-23(42-2)14-10-21)22-11-15-24(43-3)16-12-22/h4-18,26-29,32,40-41H,1-3H3,(H2,34,35,36)/t26-,27+,28?,29-,32+/m0/s1. The quantitative estimate of drug-likeness (QED) is 0.199. The SMILES string of the molecule is COc1ccc(C(OC(C(C)=O)[C@H]2O[C@@H](n3cnc4c(N)ncnc43)[C@H](O)[C@@H]2O)(c2ccccc2)c2ccc(OC)cc2)cc1. The predicted octanol–water partition coefficient (Wildman–Crippen LogP) is 3.01. The number of ether oxygens (including phenoxy) is 4. The Hall–Kier alpha value is -4.88. The van der Waals surface area contributed by atoms with Crippen LogP contribution in [0.5, 0.6) is 11.5 Å². The highest BCUT2D eigenvalue weighted by Gasteiger charge is 2.52. The number of hydrogen-bond acceptors (Lipinski definition) is 11. The van der Waals surface area contributed by atoms with Gasteiger partial charge in [0.2, 0.25) is 0 Å². The number of nitrogens with two attached hydrogens (primary N) is 1. The third-order valence-corrected chi connectivity index (χ3v) is 8.11. The topological polar surface area (TPSA) is 164 Å². The van der Waals surface area contributed by atoms with Crippen molar-refractivity contribution in [1.82, 2.24) is 19.5 Å². The number of rotatable bonds is 10. The summed E-state index contributed by atoms with van der Waals surface area (Å²) < 4.78 is 25.5. The van der Waals surface area contributed by atoms with Gasteiger partial charge in [-0.1, -0.05) is 54.6 Å². The summed E-state index contributed by atoms with van der Waals surface area (Å²) in [7, 11) is 3.16. The van der Waals surface area contributed by atoms with Crippen LogP contribution in [0.4, 0.5) is 5.82 Å². The third-order valence-electron chi connectivity index (χ3n) is 8.11. The summed E-state index contributed by atoms with van der Waals surface area (Å²) in [6.07, 6.45) is -4.08. The molecule has 1 fully saturated rings. The number of ketones is 1. The van der Waals surface area contributed by atoms with Gasteiger partial charge in [0, 0.05) is 0 Å². The predicted molar refractivity (Wildman–Crippen MR) is 164 cm³/mol. The van der Waals surface area contributed by atoms with E-state index in [1.807, 2.05) is 54.6 Å². The van der Waals surface area contributed by atoms with Gasteiger partial charge in [-0.3, -0.25) is 9.36 Å². The molecule has 0 amide bonds.